The molecule has 0 saturated carbocycles. The Labute approximate surface area is 204 Å². The van der Waals surface area contributed by atoms with Gasteiger partial charge in [-0.2, -0.15) is 4.98 Å². The number of nitrogens with zero attached hydrogens (tertiary/aromatic N) is 5. The van der Waals surface area contributed by atoms with Gasteiger partial charge in [0.05, 0.1) is 16.6 Å². The van der Waals surface area contributed by atoms with Crippen LogP contribution in [0, 0.1) is 5.92 Å². The summed E-state index contributed by atoms with van der Waals surface area (Å²) in [6, 6.07) is 12.6. The Morgan fingerprint density at radius 2 is 1.73 bits per heavy atom. The van der Waals surface area contributed by atoms with Crippen molar-refractivity contribution in [2.24, 2.45) is 13.0 Å². The SMILES string of the molecule is CC1CN(c2ccc(Cl)cc2)c2nc3c(c(=O)n(Cc4ccc(Cl)c(Cl)c4)c(=O)n3C)n2C1. The van der Waals surface area contributed by atoms with Gasteiger partial charge in [0.1, 0.15) is 0 Å². The summed E-state index contributed by atoms with van der Waals surface area (Å²) in [6.45, 7) is 3.55. The predicted molar refractivity (Wildman–Crippen MR) is 132 cm³/mol. The second-order valence-electron chi connectivity index (χ2n) is 8.37. The van der Waals surface area contributed by atoms with Crippen molar-refractivity contribution in [2.75, 3.05) is 11.4 Å². The third-order valence-electron chi connectivity index (χ3n) is 5.91. The molecule has 4 aromatic rings. The van der Waals surface area contributed by atoms with Crippen molar-refractivity contribution in [3.8, 4) is 0 Å². The Kier molecular flexibility index (Phi) is 5.51. The molecular formula is C23H20Cl3N5O2. The number of imidazole rings is 1. The van der Waals surface area contributed by atoms with Crippen LogP contribution in [0.15, 0.2) is 52.1 Å². The monoisotopic (exact) mass is 503 g/mol. The second-order valence-corrected chi connectivity index (χ2v) is 9.62. The van der Waals surface area contributed by atoms with E-state index in [0.717, 1.165) is 12.2 Å². The van der Waals surface area contributed by atoms with Gasteiger partial charge >= 0.3 is 5.69 Å². The van der Waals surface area contributed by atoms with Crippen molar-refractivity contribution in [1.82, 2.24) is 18.7 Å². The van der Waals surface area contributed by atoms with E-state index in [9.17, 15) is 9.59 Å². The molecule has 0 radical (unpaired) electrons. The minimum Gasteiger partial charge on any atom is -0.312 e. The van der Waals surface area contributed by atoms with E-state index < -0.39 is 5.69 Å². The number of hydrogen-bond donors (Lipinski definition) is 0. The molecule has 1 atom stereocenters. The highest BCUT2D eigenvalue weighted by Crippen LogP contribution is 2.33. The summed E-state index contributed by atoms with van der Waals surface area (Å²) < 4.78 is 4.54. The highest BCUT2D eigenvalue weighted by Gasteiger charge is 2.29. The summed E-state index contributed by atoms with van der Waals surface area (Å²) in [5, 5.41) is 1.43. The fourth-order valence-electron chi connectivity index (χ4n) is 4.30. The number of anilines is 2. The Balaban J connectivity index is 1.70. The van der Waals surface area contributed by atoms with Crippen LogP contribution in [0.3, 0.4) is 0 Å². The van der Waals surface area contributed by atoms with E-state index in [1.54, 1.807) is 25.2 Å². The average Bonchev–Trinajstić information content (AvgIpc) is 3.17. The first-order chi connectivity index (χ1) is 15.7. The second kappa shape index (κ2) is 8.24. The summed E-state index contributed by atoms with van der Waals surface area (Å²) >= 11 is 18.2. The van der Waals surface area contributed by atoms with Crippen LogP contribution in [0.1, 0.15) is 12.5 Å². The smallest absolute Gasteiger partial charge is 0.312 e. The Hall–Kier alpha value is -2.74. The lowest BCUT2D eigenvalue weighted by molar-refractivity contribution is 0.458. The van der Waals surface area contributed by atoms with Crippen molar-refractivity contribution in [2.45, 2.75) is 20.0 Å². The zero-order chi connectivity index (χ0) is 23.4. The van der Waals surface area contributed by atoms with Gasteiger partial charge in [0.15, 0.2) is 11.2 Å². The summed E-state index contributed by atoms with van der Waals surface area (Å²) in [4.78, 5) is 33.5. The van der Waals surface area contributed by atoms with E-state index in [0.29, 0.717) is 44.3 Å². The quantitative estimate of drug-likeness (QED) is 0.406. The summed E-state index contributed by atoms with van der Waals surface area (Å²) in [7, 11) is 1.63. The third kappa shape index (κ3) is 3.74. The maximum absolute atomic E-state index is 13.6. The van der Waals surface area contributed by atoms with E-state index >= 15 is 0 Å². The summed E-state index contributed by atoms with van der Waals surface area (Å²) in [6.07, 6.45) is 0. The Bertz CT molecular complexity index is 1500. The van der Waals surface area contributed by atoms with Crippen LogP contribution >= 0.6 is 34.8 Å². The minimum absolute atomic E-state index is 0.0787. The van der Waals surface area contributed by atoms with Gasteiger partial charge < -0.3 is 9.47 Å². The van der Waals surface area contributed by atoms with E-state index in [1.807, 2.05) is 28.8 Å². The maximum Gasteiger partial charge on any atom is 0.332 e. The number of rotatable bonds is 3. The van der Waals surface area contributed by atoms with Crippen LogP contribution in [0.5, 0.6) is 0 Å². The minimum atomic E-state index is -0.444. The normalized spacial score (nSPS) is 15.8. The molecule has 1 aliphatic rings. The molecule has 2 aromatic heterocycles. The van der Waals surface area contributed by atoms with Crippen LogP contribution in [0.25, 0.3) is 11.2 Å². The number of fused-ring (bicyclic) bond motifs is 3. The average molecular weight is 505 g/mol. The van der Waals surface area contributed by atoms with E-state index in [2.05, 4.69) is 11.8 Å². The zero-order valence-electron chi connectivity index (χ0n) is 17.9. The number of aryl methyl sites for hydroxylation is 1. The van der Waals surface area contributed by atoms with Crippen molar-refractivity contribution in [3.05, 3.63) is 83.9 Å². The molecule has 33 heavy (non-hydrogen) atoms. The fourth-order valence-corrected chi connectivity index (χ4v) is 4.75. The lowest BCUT2D eigenvalue weighted by Crippen LogP contribution is -2.40. The van der Waals surface area contributed by atoms with Crippen molar-refractivity contribution >= 4 is 57.6 Å². The number of benzene rings is 2. The highest BCUT2D eigenvalue weighted by atomic mass is 35.5. The van der Waals surface area contributed by atoms with Gasteiger partial charge in [-0.1, -0.05) is 47.8 Å². The van der Waals surface area contributed by atoms with E-state index in [1.165, 1.54) is 9.13 Å². The molecule has 2 aromatic carbocycles. The van der Waals surface area contributed by atoms with Crippen LogP contribution < -0.4 is 16.1 Å². The van der Waals surface area contributed by atoms with Crippen molar-refractivity contribution in [1.29, 1.82) is 0 Å². The molecule has 1 aliphatic heterocycles. The van der Waals surface area contributed by atoms with Crippen LogP contribution in [0.4, 0.5) is 11.6 Å². The topological polar surface area (TPSA) is 65.1 Å². The van der Waals surface area contributed by atoms with E-state index in [-0.39, 0.29) is 18.0 Å². The highest BCUT2D eigenvalue weighted by molar-refractivity contribution is 6.42. The predicted octanol–water partition coefficient (Wildman–Crippen LogP) is 4.69. The van der Waals surface area contributed by atoms with Crippen LogP contribution in [-0.4, -0.2) is 25.2 Å². The standard InChI is InChI=1S/C23H20Cl3N5O2/c1-13-10-29(16-6-4-15(24)5-7-16)22-27-20-19(30(22)11-13)21(32)31(23(33)28(20)2)12-14-3-8-17(25)18(26)9-14/h3-9,13H,10-12H2,1-2H3. The molecule has 0 N–H and O–H groups in total. The van der Waals surface area contributed by atoms with E-state index in [4.69, 9.17) is 39.8 Å². The molecule has 1 unspecified atom stereocenters. The number of halogens is 3. The molecule has 7 nitrogen and oxygen atoms in total. The van der Waals surface area contributed by atoms with Gasteiger partial charge in [-0.15, -0.1) is 0 Å². The maximum atomic E-state index is 13.6. The largest absolute Gasteiger partial charge is 0.332 e. The molecule has 0 saturated heterocycles. The Morgan fingerprint density at radius 1 is 1.00 bits per heavy atom. The van der Waals surface area contributed by atoms with Gasteiger partial charge in [0.25, 0.3) is 5.56 Å². The van der Waals surface area contributed by atoms with Crippen LogP contribution in [-0.2, 0) is 20.1 Å². The molecule has 0 aliphatic carbocycles. The lowest BCUT2D eigenvalue weighted by Gasteiger charge is -2.33. The molecule has 0 bridgehead atoms. The van der Waals surface area contributed by atoms with Crippen LogP contribution in [0.2, 0.25) is 15.1 Å². The molecule has 3 heterocycles. The van der Waals surface area contributed by atoms with Gasteiger partial charge in [-0.3, -0.25) is 13.9 Å². The third-order valence-corrected chi connectivity index (χ3v) is 6.90. The fraction of sp³-hybridized carbons (Fsp3) is 0.261. The molecule has 0 amide bonds. The first kappa shape index (κ1) is 22.1. The summed E-state index contributed by atoms with van der Waals surface area (Å²) in [5.74, 6) is 0.885. The lowest BCUT2D eigenvalue weighted by atomic mass is 10.1. The molecular weight excluding hydrogens is 485 g/mol. The first-order valence-corrected chi connectivity index (χ1v) is 11.5. The summed E-state index contributed by atoms with van der Waals surface area (Å²) in [5.41, 5.74) is 1.56. The molecule has 10 heteroatoms. The molecule has 0 spiro atoms. The van der Waals surface area contributed by atoms with Gasteiger partial charge in [-0.25, -0.2) is 4.79 Å². The zero-order valence-corrected chi connectivity index (χ0v) is 20.2. The van der Waals surface area contributed by atoms with Gasteiger partial charge in [-0.05, 0) is 47.9 Å². The number of aromatic nitrogens is 4. The first-order valence-electron chi connectivity index (χ1n) is 10.4. The van der Waals surface area contributed by atoms with Crippen molar-refractivity contribution < 1.29 is 0 Å². The number of hydrogen-bond acceptors (Lipinski definition) is 4. The molecule has 5 rings (SSSR count). The Morgan fingerprint density at radius 3 is 2.42 bits per heavy atom. The molecule has 170 valence electrons. The van der Waals surface area contributed by atoms with Crippen molar-refractivity contribution in [3.63, 3.8) is 0 Å². The van der Waals surface area contributed by atoms with Gasteiger partial charge in [0, 0.05) is 30.8 Å². The molecule has 0 fully saturated rings. The van der Waals surface area contributed by atoms with Gasteiger partial charge in [0.2, 0.25) is 5.95 Å².